The number of H-pyrrole nitrogens is 2. The maximum atomic E-state index is 6.25. The van der Waals surface area contributed by atoms with Gasteiger partial charge in [0.05, 0.1) is 10.7 Å². The second kappa shape index (κ2) is 3.53. The first-order chi connectivity index (χ1) is 8.13. The van der Waals surface area contributed by atoms with Crippen molar-refractivity contribution in [3.8, 4) is 11.3 Å². The molecule has 2 aromatic heterocycles. The Morgan fingerprint density at radius 3 is 2.76 bits per heavy atom. The average molecular weight is 247 g/mol. The highest BCUT2D eigenvalue weighted by atomic mass is 35.5. The summed E-state index contributed by atoms with van der Waals surface area (Å²) in [5.41, 5.74) is 9.46. The summed E-state index contributed by atoms with van der Waals surface area (Å²) in [5.74, 6) is 0.457. The van der Waals surface area contributed by atoms with Crippen LogP contribution in [0.1, 0.15) is 5.69 Å². The minimum absolute atomic E-state index is 0.457. The van der Waals surface area contributed by atoms with Gasteiger partial charge in [0.1, 0.15) is 5.82 Å². The molecule has 0 amide bonds. The molecule has 0 spiro atoms. The molecule has 0 fully saturated rings. The van der Waals surface area contributed by atoms with E-state index in [0.717, 1.165) is 27.9 Å². The first-order valence-electron chi connectivity index (χ1n) is 5.23. The Morgan fingerprint density at radius 2 is 2.06 bits per heavy atom. The Morgan fingerprint density at radius 1 is 1.24 bits per heavy atom. The van der Waals surface area contributed by atoms with Crippen molar-refractivity contribution < 1.29 is 0 Å². The van der Waals surface area contributed by atoms with E-state index in [1.54, 1.807) is 6.07 Å². The fraction of sp³-hybridized carbons (Fsp3) is 0.0833. The zero-order valence-corrected chi connectivity index (χ0v) is 9.97. The molecule has 17 heavy (non-hydrogen) atoms. The number of anilines is 1. The van der Waals surface area contributed by atoms with Crippen molar-refractivity contribution in [2.75, 3.05) is 5.73 Å². The molecule has 4 N–H and O–H groups in total. The van der Waals surface area contributed by atoms with Gasteiger partial charge >= 0.3 is 0 Å². The van der Waals surface area contributed by atoms with Crippen LogP contribution in [0.2, 0.25) is 5.02 Å². The van der Waals surface area contributed by atoms with Crippen LogP contribution in [0.3, 0.4) is 0 Å². The fourth-order valence-corrected chi connectivity index (χ4v) is 2.25. The molecule has 0 saturated heterocycles. The Labute approximate surface area is 103 Å². The molecule has 5 heteroatoms. The van der Waals surface area contributed by atoms with Gasteiger partial charge in [-0.1, -0.05) is 11.6 Å². The Hall–Kier alpha value is -1.94. The van der Waals surface area contributed by atoms with Gasteiger partial charge in [0.2, 0.25) is 0 Å². The number of hydrogen-bond donors (Lipinski definition) is 3. The molecule has 0 radical (unpaired) electrons. The molecule has 3 aromatic rings. The number of aryl methyl sites for hydroxylation is 1. The van der Waals surface area contributed by atoms with Crippen LogP contribution in [0.5, 0.6) is 0 Å². The van der Waals surface area contributed by atoms with E-state index in [4.69, 9.17) is 17.3 Å². The standard InChI is InChI=1S/C12H11ClN4/c1-6-2-7-3-9(13)8(4-10(7)15-6)11-5-12(14)17-16-11/h2-5,15H,1H3,(H3,14,16,17). The number of nitrogens with two attached hydrogens (primary N) is 1. The Kier molecular flexibility index (Phi) is 2.12. The third-order valence-corrected chi connectivity index (χ3v) is 3.04. The lowest BCUT2D eigenvalue weighted by Gasteiger charge is -2.01. The summed E-state index contributed by atoms with van der Waals surface area (Å²) in [5, 5.41) is 8.55. The van der Waals surface area contributed by atoms with Gasteiger partial charge in [-0.15, -0.1) is 0 Å². The molecule has 0 aliphatic rings. The van der Waals surface area contributed by atoms with E-state index in [1.807, 2.05) is 19.1 Å². The highest BCUT2D eigenvalue weighted by molar-refractivity contribution is 6.34. The molecular weight excluding hydrogens is 236 g/mol. The fourth-order valence-electron chi connectivity index (χ4n) is 1.98. The molecule has 0 atom stereocenters. The number of fused-ring (bicyclic) bond motifs is 1. The lowest BCUT2D eigenvalue weighted by atomic mass is 10.1. The first kappa shape index (κ1) is 10.2. The van der Waals surface area contributed by atoms with Gasteiger partial charge in [0.25, 0.3) is 0 Å². The van der Waals surface area contributed by atoms with E-state index in [1.165, 1.54) is 0 Å². The SMILES string of the molecule is Cc1cc2cc(Cl)c(-c3cc(N)n[nH]3)cc2[nH]1. The average Bonchev–Trinajstić information content (AvgIpc) is 2.82. The highest BCUT2D eigenvalue weighted by Gasteiger charge is 2.09. The zero-order chi connectivity index (χ0) is 12.0. The number of benzene rings is 1. The molecule has 0 bridgehead atoms. The van der Waals surface area contributed by atoms with Crippen molar-refractivity contribution in [3.63, 3.8) is 0 Å². The molecule has 0 aliphatic heterocycles. The quantitative estimate of drug-likeness (QED) is 0.617. The molecule has 2 heterocycles. The van der Waals surface area contributed by atoms with Gasteiger partial charge in [0, 0.05) is 28.2 Å². The zero-order valence-electron chi connectivity index (χ0n) is 9.21. The minimum atomic E-state index is 0.457. The summed E-state index contributed by atoms with van der Waals surface area (Å²) in [4.78, 5) is 3.28. The van der Waals surface area contributed by atoms with E-state index in [0.29, 0.717) is 10.8 Å². The molecule has 3 rings (SSSR count). The van der Waals surface area contributed by atoms with Crippen molar-refractivity contribution in [1.29, 1.82) is 0 Å². The van der Waals surface area contributed by atoms with E-state index < -0.39 is 0 Å². The van der Waals surface area contributed by atoms with Gasteiger partial charge in [0.15, 0.2) is 0 Å². The van der Waals surface area contributed by atoms with E-state index >= 15 is 0 Å². The number of nitrogens with zero attached hydrogens (tertiary/aromatic N) is 1. The van der Waals surface area contributed by atoms with Gasteiger partial charge in [-0.3, -0.25) is 5.10 Å². The molecule has 86 valence electrons. The lowest BCUT2D eigenvalue weighted by Crippen LogP contribution is -1.81. The molecular formula is C12H11ClN4. The molecule has 4 nitrogen and oxygen atoms in total. The number of hydrogen-bond acceptors (Lipinski definition) is 2. The van der Waals surface area contributed by atoms with Crippen LogP contribution in [-0.4, -0.2) is 15.2 Å². The van der Waals surface area contributed by atoms with Crippen LogP contribution in [0.4, 0.5) is 5.82 Å². The van der Waals surface area contributed by atoms with Crippen molar-refractivity contribution >= 4 is 28.3 Å². The van der Waals surface area contributed by atoms with Gasteiger partial charge in [-0.25, -0.2) is 0 Å². The highest BCUT2D eigenvalue weighted by Crippen LogP contribution is 2.31. The summed E-state index contributed by atoms with van der Waals surface area (Å²) in [7, 11) is 0. The van der Waals surface area contributed by atoms with Crippen LogP contribution >= 0.6 is 11.6 Å². The second-order valence-corrected chi connectivity index (χ2v) is 4.49. The predicted octanol–water partition coefficient (Wildman–Crippen LogP) is 3.10. The van der Waals surface area contributed by atoms with Crippen LogP contribution in [0, 0.1) is 6.92 Å². The summed E-state index contributed by atoms with van der Waals surface area (Å²) >= 11 is 6.25. The van der Waals surface area contributed by atoms with E-state index in [-0.39, 0.29) is 0 Å². The Bertz CT molecular complexity index is 696. The van der Waals surface area contributed by atoms with E-state index in [9.17, 15) is 0 Å². The third kappa shape index (κ3) is 1.66. The first-order valence-corrected chi connectivity index (χ1v) is 5.61. The maximum Gasteiger partial charge on any atom is 0.145 e. The van der Waals surface area contributed by atoms with Gasteiger partial charge < -0.3 is 10.7 Å². The second-order valence-electron chi connectivity index (χ2n) is 4.08. The monoisotopic (exact) mass is 246 g/mol. The van der Waals surface area contributed by atoms with Gasteiger partial charge in [-0.2, -0.15) is 5.10 Å². The minimum Gasteiger partial charge on any atom is -0.382 e. The number of rotatable bonds is 1. The maximum absolute atomic E-state index is 6.25. The third-order valence-electron chi connectivity index (χ3n) is 2.73. The van der Waals surface area contributed by atoms with Crippen molar-refractivity contribution in [2.24, 2.45) is 0 Å². The number of nitrogen functional groups attached to an aromatic ring is 1. The number of nitrogens with one attached hydrogen (secondary N) is 2. The number of halogens is 1. The molecule has 1 aromatic carbocycles. The molecule has 0 aliphatic carbocycles. The van der Waals surface area contributed by atoms with Crippen LogP contribution in [0.15, 0.2) is 24.3 Å². The predicted molar refractivity (Wildman–Crippen MR) is 70.0 cm³/mol. The molecule has 0 saturated carbocycles. The van der Waals surface area contributed by atoms with Crippen LogP contribution in [0.25, 0.3) is 22.2 Å². The summed E-state index contributed by atoms with van der Waals surface area (Å²) in [6.07, 6.45) is 0. The summed E-state index contributed by atoms with van der Waals surface area (Å²) < 4.78 is 0. The Balaban J connectivity index is 2.25. The number of aromatic nitrogens is 3. The van der Waals surface area contributed by atoms with Crippen molar-refractivity contribution in [2.45, 2.75) is 6.92 Å². The van der Waals surface area contributed by atoms with E-state index in [2.05, 4.69) is 21.2 Å². The summed E-state index contributed by atoms with van der Waals surface area (Å²) in [6.45, 7) is 2.02. The topological polar surface area (TPSA) is 70.5 Å². The smallest absolute Gasteiger partial charge is 0.145 e. The van der Waals surface area contributed by atoms with Crippen molar-refractivity contribution in [1.82, 2.24) is 15.2 Å². The van der Waals surface area contributed by atoms with Crippen molar-refractivity contribution in [3.05, 3.63) is 35.0 Å². The normalized spacial score (nSPS) is 11.2. The number of aromatic amines is 2. The summed E-state index contributed by atoms with van der Waals surface area (Å²) in [6, 6.07) is 7.76. The van der Waals surface area contributed by atoms with Crippen LogP contribution < -0.4 is 5.73 Å². The largest absolute Gasteiger partial charge is 0.382 e. The lowest BCUT2D eigenvalue weighted by molar-refractivity contribution is 1.10. The van der Waals surface area contributed by atoms with Crippen LogP contribution in [-0.2, 0) is 0 Å². The molecule has 0 unspecified atom stereocenters. The van der Waals surface area contributed by atoms with Gasteiger partial charge in [-0.05, 0) is 25.1 Å².